The Morgan fingerprint density at radius 2 is 2.14 bits per heavy atom. The maximum Gasteiger partial charge on any atom is 0.293 e. The summed E-state index contributed by atoms with van der Waals surface area (Å²) in [6, 6.07) is 0. The van der Waals surface area contributed by atoms with Crippen LogP contribution in [0.4, 0.5) is 4.39 Å². The average Bonchev–Trinajstić information content (AvgIpc) is 2.16. The summed E-state index contributed by atoms with van der Waals surface area (Å²) in [5.41, 5.74) is 1.13. The number of alkyl halides is 1. The Morgan fingerprint density at radius 1 is 1.43 bits per heavy atom. The fourth-order valence-corrected chi connectivity index (χ4v) is 2.17. The highest BCUT2D eigenvalue weighted by Crippen LogP contribution is 2.23. The molecule has 0 aliphatic heterocycles. The molecule has 0 amide bonds. The van der Waals surface area contributed by atoms with Crippen molar-refractivity contribution in [2.75, 3.05) is 13.3 Å². The van der Waals surface area contributed by atoms with Crippen molar-refractivity contribution in [2.45, 2.75) is 19.8 Å². The minimum Gasteiger partial charge on any atom is -0.264 e. The molecule has 14 heavy (non-hydrogen) atoms. The molecule has 0 aromatic heterocycles. The summed E-state index contributed by atoms with van der Waals surface area (Å²) in [7, 11) is -3.69. The maximum absolute atomic E-state index is 11.7. The van der Waals surface area contributed by atoms with Gasteiger partial charge in [0.15, 0.2) is 0 Å². The van der Waals surface area contributed by atoms with Crippen molar-refractivity contribution < 1.29 is 17.0 Å². The van der Waals surface area contributed by atoms with Crippen molar-refractivity contribution >= 4 is 10.1 Å². The van der Waals surface area contributed by atoms with E-state index in [0.717, 1.165) is 5.57 Å². The van der Waals surface area contributed by atoms with Crippen molar-refractivity contribution in [2.24, 2.45) is 0 Å². The molecule has 0 atom stereocenters. The van der Waals surface area contributed by atoms with Crippen molar-refractivity contribution in [1.29, 1.82) is 0 Å². The van der Waals surface area contributed by atoms with E-state index < -0.39 is 23.4 Å². The molecule has 1 aliphatic rings. The first kappa shape index (κ1) is 11.4. The van der Waals surface area contributed by atoms with E-state index in [1.165, 1.54) is 6.08 Å². The minimum absolute atomic E-state index is 0.233. The molecule has 0 unspecified atom stereocenters. The molecule has 0 heterocycles. The van der Waals surface area contributed by atoms with Crippen molar-refractivity contribution in [3.8, 4) is 0 Å². The van der Waals surface area contributed by atoms with Gasteiger partial charge in [0.05, 0.1) is 11.5 Å². The first-order valence-electron chi connectivity index (χ1n) is 4.38. The highest BCUT2D eigenvalue weighted by molar-refractivity contribution is 7.90. The summed E-state index contributed by atoms with van der Waals surface area (Å²) >= 11 is 0. The smallest absolute Gasteiger partial charge is 0.264 e. The lowest BCUT2D eigenvalue weighted by Crippen LogP contribution is -2.12. The van der Waals surface area contributed by atoms with Gasteiger partial charge in [-0.25, -0.2) is 4.39 Å². The molecular formula is C9H13FO3S. The molecular weight excluding hydrogens is 207 g/mol. The van der Waals surface area contributed by atoms with Crippen molar-refractivity contribution in [3.63, 3.8) is 0 Å². The second-order valence-electron chi connectivity index (χ2n) is 3.11. The van der Waals surface area contributed by atoms with Gasteiger partial charge in [0.2, 0.25) is 0 Å². The van der Waals surface area contributed by atoms with Gasteiger partial charge in [0.25, 0.3) is 10.1 Å². The lowest BCUT2D eigenvalue weighted by Gasteiger charge is -2.11. The van der Waals surface area contributed by atoms with E-state index in [-0.39, 0.29) is 4.91 Å². The largest absolute Gasteiger partial charge is 0.293 e. The van der Waals surface area contributed by atoms with Crippen LogP contribution in [-0.4, -0.2) is 21.7 Å². The van der Waals surface area contributed by atoms with E-state index in [2.05, 4.69) is 4.18 Å². The normalized spacial score (nSPS) is 17.6. The number of hydrogen-bond donors (Lipinski definition) is 0. The summed E-state index contributed by atoms with van der Waals surface area (Å²) in [5, 5.41) is 0. The van der Waals surface area contributed by atoms with Crippen LogP contribution in [0, 0.1) is 0 Å². The molecule has 0 saturated heterocycles. The van der Waals surface area contributed by atoms with Gasteiger partial charge in [-0.05, 0) is 25.8 Å². The molecule has 5 heteroatoms. The molecule has 0 radical (unpaired) electrons. The van der Waals surface area contributed by atoms with Crippen molar-refractivity contribution in [1.82, 2.24) is 0 Å². The minimum atomic E-state index is -3.69. The van der Waals surface area contributed by atoms with Gasteiger partial charge in [-0.1, -0.05) is 11.6 Å². The van der Waals surface area contributed by atoms with Crippen LogP contribution in [0.25, 0.3) is 0 Å². The average molecular weight is 220 g/mol. The lowest BCUT2D eigenvalue weighted by atomic mass is 10.1. The zero-order valence-electron chi connectivity index (χ0n) is 7.99. The fourth-order valence-electron chi connectivity index (χ4n) is 1.15. The highest BCUT2D eigenvalue weighted by atomic mass is 32.2. The van der Waals surface area contributed by atoms with Crippen LogP contribution < -0.4 is 0 Å². The number of rotatable bonds is 4. The van der Waals surface area contributed by atoms with E-state index in [4.69, 9.17) is 0 Å². The third-order valence-electron chi connectivity index (χ3n) is 1.96. The van der Waals surface area contributed by atoms with Gasteiger partial charge in [-0.2, -0.15) is 8.42 Å². The quantitative estimate of drug-likeness (QED) is 0.680. The summed E-state index contributed by atoms with van der Waals surface area (Å²) in [6.45, 7) is 0.742. The predicted octanol–water partition coefficient (Wildman–Crippen LogP) is 1.93. The Hall–Kier alpha value is -0.680. The molecule has 0 fully saturated rings. The zero-order valence-corrected chi connectivity index (χ0v) is 8.81. The van der Waals surface area contributed by atoms with Crippen LogP contribution in [0.1, 0.15) is 19.8 Å². The Kier molecular flexibility index (Phi) is 3.83. The van der Waals surface area contributed by atoms with Crippen LogP contribution in [0.5, 0.6) is 0 Å². The van der Waals surface area contributed by atoms with Crippen LogP contribution in [0.3, 0.4) is 0 Å². The molecule has 0 aromatic rings. The predicted molar refractivity (Wildman–Crippen MR) is 51.9 cm³/mol. The Balaban J connectivity index is 2.74. The third-order valence-corrected chi connectivity index (χ3v) is 3.42. The molecule has 3 nitrogen and oxygen atoms in total. The molecule has 0 N–H and O–H groups in total. The van der Waals surface area contributed by atoms with Crippen molar-refractivity contribution in [3.05, 3.63) is 22.6 Å². The summed E-state index contributed by atoms with van der Waals surface area (Å²) in [6.07, 6.45) is 4.42. The molecule has 0 saturated carbocycles. The van der Waals surface area contributed by atoms with E-state index in [9.17, 15) is 12.8 Å². The lowest BCUT2D eigenvalue weighted by molar-refractivity contribution is 0.279. The van der Waals surface area contributed by atoms with Crippen LogP contribution >= 0.6 is 0 Å². The van der Waals surface area contributed by atoms with E-state index >= 15 is 0 Å². The monoisotopic (exact) mass is 220 g/mol. The van der Waals surface area contributed by atoms with Gasteiger partial charge in [0.1, 0.15) is 6.67 Å². The van der Waals surface area contributed by atoms with Crippen LogP contribution in [-0.2, 0) is 14.3 Å². The summed E-state index contributed by atoms with van der Waals surface area (Å²) in [5.74, 6) is 0. The molecule has 80 valence electrons. The maximum atomic E-state index is 11.7. The van der Waals surface area contributed by atoms with Gasteiger partial charge in [0, 0.05) is 0 Å². The Labute approximate surface area is 83.4 Å². The topological polar surface area (TPSA) is 43.4 Å². The standard InChI is InChI=1S/C9H13FO3S/c1-8-2-4-9(5-3-8)14(11,12)13-7-6-10/h2,4H,3,5-7H2,1H3. The first-order chi connectivity index (χ1) is 6.56. The highest BCUT2D eigenvalue weighted by Gasteiger charge is 2.19. The summed E-state index contributed by atoms with van der Waals surface area (Å²) in [4.78, 5) is 0.233. The van der Waals surface area contributed by atoms with Crippen LogP contribution in [0.15, 0.2) is 22.6 Å². The van der Waals surface area contributed by atoms with Gasteiger partial charge < -0.3 is 0 Å². The van der Waals surface area contributed by atoms with E-state index in [1.807, 2.05) is 6.92 Å². The number of hydrogen-bond acceptors (Lipinski definition) is 3. The Bertz CT molecular complexity index is 354. The van der Waals surface area contributed by atoms with E-state index in [1.54, 1.807) is 6.08 Å². The Morgan fingerprint density at radius 3 is 2.64 bits per heavy atom. The second-order valence-corrected chi connectivity index (χ2v) is 4.78. The molecule has 0 bridgehead atoms. The van der Waals surface area contributed by atoms with Gasteiger partial charge in [-0.15, -0.1) is 0 Å². The van der Waals surface area contributed by atoms with Crippen LogP contribution in [0.2, 0.25) is 0 Å². The number of halogens is 1. The van der Waals surface area contributed by atoms with E-state index in [0.29, 0.717) is 12.8 Å². The SMILES string of the molecule is CC1=CC=C(S(=O)(=O)OCCF)CC1. The second kappa shape index (κ2) is 4.70. The fraction of sp³-hybridized carbons (Fsp3) is 0.556. The third kappa shape index (κ3) is 2.92. The van der Waals surface area contributed by atoms with Gasteiger partial charge in [-0.3, -0.25) is 4.18 Å². The first-order valence-corrected chi connectivity index (χ1v) is 5.79. The molecule has 1 aliphatic carbocycles. The summed E-state index contributed by atoms with van der Waals surface area (Å²) < 4.78 is 38.9. The molecule has 0 spiro atoms. The molecule has 1 rings (SSSR count). The number of allylic oxidation sites excluding steroid dienone is 4. The van der Waals surface area contributed by atoms with Gasteiger partial charge >= 0.3 is 0 Å². The molecule has 0 aromatic carbocycles. The zero-order chi connectivity index (χ0) is 10.6.